The number of para-hydroxylation sites is 1. The molecule has 2 unspecified atom stereocenters. The van der Waals surface area contributed by atoms with E-state index in [1.165, 1.54) is 4.90 Å². The first-order valence-electron chi connectivity index (χ1n) is 12.0. The highest BCUT2D eigenvalue weighted by Crippen LogP contribution is 2.64. The van der Waals surface area contributed by atoms with Gasteiger partial charge in [0.05, 0.1) is 40.8 Å². The third-order valence-electron chi connectivity index (χ3n) is 8.18. The lowest BCUT2D eigenvalue weighted by molar-refractivity contribution is -0.150. The Hall–Kier alpha value is -2.16. The summed E-state index contributed by atoms with van der Waals surface area (Å²) in [6, 6.07) is 3.74. The molecule has 6 atom stereocenters. The van der Waals surface area contributed by atoms with Crippen molar-refractivity contribution in [2.45, 2.75) is 70.2 Å². The third kappa shape index (κ3) is 3.37. The zero-order valence-electron chi connectivity index (χ0n) is 20.4. The number of fused-ring (bicyclic) bond motifs is 1. The minimum atomic E-state index is -1.15. The summed E-state index contributed by atoms with van der Waals surface area (Å²) in [5.74, 6) is -2.59. The Morgan fingerprint density at radius 1 is 1.29 bits per heavy atom. The van der Waals surface area contributed by atoms with Gasteiger partial charge in [-0.05, 0) is 43.7 Å². The molecule has 0 saturated carbocycles. The van der Waals surface area contributed by atoms with E-state index in [0.29, 0.717) is 30.0 Å². The van der Waals surface area contributed by atoms with Crippen LogP contribution in [0.25, 0.3) is 0 Å². The van der Waals surface area contributed by atoms with Crippen LogP contribution in [0.15, 0.2) is 18.2 Å². The lowest BCUT2D eigenvalue weighted by atomic mass is 9.65. The SMILES string of the molecule is CC[C@]12CCC3(O1)C(C(=O)Nc1c(C)cccc1Cl)N([C@@H](CO)C(C)C)C(=O)[C@@H]3[C@H]2C(=O)NC. The highest BCUT2D eigenvalue weighted by Gasteiger charge is 2.79. The Kier molecular flexibility index (Phi) is 6.46. The molecule has 9 heteroatoms. The molecule has 0 aliphatic carbocycles. The number of ether oxygens (including phenoxy) is 1. The van der Waals surface area contributed by atoms with Gasteiger partial charge in [0.1, 0.15) is 11.6 Å². The van der Waals surface area contributed by atoms with Crippen LogP contribution in [-0.4, -0.2) is 64.7 Å². The molecule has 3 aliphatic rings. The first-order valence-corrected chi connectivity index (χ1v) is 12.4. The van der Waals surface area contributed by atoms with Crippen molar-refractivity contribution in [2.75, 3.05) is 19.0 Å². The number of anilines is 1. The minimum Gasteiger partial charge on any atom is -0.394 e. The standard InChI is InChI=1S/C25H34ClN3O5/c1-6-24-10-11-25(34-24)18(17(24)21(31)27-5)23(33)29(16(12-30)13(2)3)20(25)22(32)28-19-14(4)8-7-9-15(19)26/h7-9,13,16-18,20,30H,6,10-12H2,1-5H3,(H,27,31)(H,28,32)/t16-,17-,18-,20?,24+,25?/m0/s1. The van der Waals surface area contributed by atoms with E-state index >= 15 is 0 Å². The molecular formula is C25H34ClN3O5. The second kappa shape index (κ2) is 8.81. The largest absolute Gasteiger partial charge is 0.394 e. The Labute approximate surface area is 205 Å². The van der Waals surface area contributed by atoms with Crippen LogP contribution >= 0.6 is 11.6 Å². The molecule has 1 aromatic carbocycles. The lowest BCUT2D eigenvalue weighted by Crippen LogP contribution is -2.57. The number of carbonyl (C=O) groups is 3. The van der Waals surface area contributed by atoms with Gasteiger partial charge in [-0.25, -0.2) is 0 Å². The number of aliphatic hydroxyl groups excluding tert-OH is 1. The second-order valence-corrected chi connectivity index (χ2v) is 10.5. The van der Waals surface area contributed by atoms with Crippen LogP contribution in [0.2, 0.25) is 5.02 Å². The molecule has 3 amide bonds. The highest BCUT2D eigenvalue weighted by molar-refractivity contribution is 6.34. The number of carbonyl (C=O) groups excluding carboxylic acids is 3. The Morgan fingerprint density at radius 2 is 2.00 bits per heavy atom. The molecule has 3 saturated heterocycles. The predicted octanol–water partition coefficient (Wildman–Crippen LogP) is 2.50. The first-order chi connectivity index (χ1) is 16.1. The van der Waals surface area contributed by atoms with Crippen LogP contribution in [0, 0.1) is 24.7 Å². The number of halogens is 1. The van der Waals surface area contributed by atoms with Crippen LogP contribution in [0.1, 0.15) is 45.6 Å². The molecule has 34 heavy (non-hydrogen) atoms. The van der Waals surface area contributed by atoms with Gasteiger partial charge < -0.3 is 25.4 Å². The maximum Gasteiger partial charge on any atom is 0.250 e. The van der Waals surface area contributed by atoms with E-state index in [1.54, 1.807) is 19.2 Å². The fraction of sp³-hybridized carbons (Fsp3) is 0.640. The smallest absolute Gasteiger partial charge is 0.250 e. The number of hydrogen-bond acceptors (Lipinski definition) is 5. The van der Waals surface area contributed by atoms with E-state index in [4.69, 9.17) is 16.3 Å². The van der Waals surface area contributed by atoms with Gasteiger partial charge in [-0.3, -0.25) is 14.4 Å². The van der Waals surface area contributed by atoms with E-state index < -0.39 is 41.0 Å². The fourth-order valence-electron chi connectivity index (χ4n) is 6.47. The van der Waals surface area contributed by atoms with Crippen LogP contribution in [0.3, 0.4) is 0 Å². The first kappa shape index (κ1) is 24.9. The number of nitrogens with zero attached hydrogens (tertiary/aromatic N) is 1. The van der Waals surface area contributed by atoms with Crippen LogP contribution in [-0.2, 0) is 19.1 Å². The summed E-state index contributed by atoms with van der Waals surface area (Å²) in [4.78, 5) is 42.5. The van der Waals surface area contributed by atoms with Crippen LogP contribution < -0.4 is 10.6 Å². The minimum absolute atomic E-state index is 0.114. The van der Waals surface area contributed by atoms with Crippen molar-refractivity contribution in [1.29, 1.82) is 0 Å². The summed E-state index contributed by atoms with van der Waals surface area (Å²) < 4.78 is 6.66. The summed E-state index contributed by atoms with van der Waals surface area (Å²) >= 11 is 6.38. The Morgan fingerprint density at radius 3 is 2.56 bits per heavy atom. The predicted molar refractivity (Wildman–Crippen MR) is 128 cm³/mol. The Bertz CT molecular complexity index is 996. The van der Waals surface area contributed by atoms with E-state index in [2.05, 4.69) is 10.6 Å². The summed E-state index contributed by atoms with van der Waals surface area (Å²) in [6.45, 7) is 7.29. The van der Waals surface area contributed by atoms with Crippen molar-refractivity contribution < 1.29 is 24.2 Å². The number of benzene rings is 1. The molecule has 4 rings (SSSR count). The number of hydrogen-bond donors (Lipinski definition) is 3. The molecule has 0 radical (unpaired) electrons. The molecule has 8 nitrogen and oxygen atoms in total. The van der Waals surface area contributed by atoms with Crippen LogP contribution in [0.4, 0.5) is 5.69 Å². The molecule has 0 aromatic heterocycles. The van der Waals surface area contributed by atoms with Crippen molar-refractivity contribution >= 4 is 35.0 Å². The van der Waals surface area contributed by atoms with Gasteiger partial charge in [0.15, 0.2) is 0 Å². The van der Waals surface area contributed by atoms with E-state index in [-0.39, 0.29) is 24.3 Å². The summed E-state index contributed by atoms with van der Waals surface area (Å²) in [5, 5.41) is 16.3. The molecule has 3 heterocycles. The van der Waals surface area contributed by atoms with Gasteiger partial charge in [-0.2, -0.15) is 0 Å². The van der Waals surface area contributed by atoms with Gasteiger partial charge in [-0.15, -0.1) is 0 Å². The van der Waals surface area contributed by atoms with Gasteiger partial charge in [-0.1, -0.05) is 44.5 Å². The second-order valence-electron chi connectivity index (χ2n) is 10.1. The van der Waals surface area contributed by atoms with E-state index in [1.807, 2.05) is 33.8 Å². The normalized spacial score (nSPS) is 32.8. The topological polar surface area (TPSA) is 108 Å². The number of nitrogens with one attached hydrogen (secondary N) is 2. The van der Waals surface area contributed by atoms with Crippen LogP contribution in [0.5, 0.6) is 0 Å². The lowest BCUT2D eigenvalue weighted by Gasteiger charge is -2.38. The molecule has 3 N–H and O–H groups in total. The number of aryl methyl sites for hydroxylation is 1. The van der Waals surface area contributed by atoms with E-state index in [9.17, 15) is 19.5 Å². The van der Waals surface area contributed by atoms with Crippen molar-refractivity contribution in [3.8, 4) is 0 Å². The molecular weight excluding hydrogens is 458 g/mol. The maximum absolute atomic E-state index is 14.0. The summed E-state index contributed by atoms with van der Waals surface area (Å²) in [5.41, 5.74) is -0.672. The third-order valence-corrected chi connectivity index (χ3v) is 8.50. The average molecular weight is 492 g/mol. The number of rotatable bonds is 7. The fourth-order valence-corrected chi connectivity index (χ4v) is 6.74. The molecule has 1 spiro atoms. The number of aliphatic hydroxyl groups is 1. The molecule has 1 aromatic rings. The van der Waals surface area contributed by atoms with Gasteiger partial charge >= 0.3 is 0 Å². The Balaban J connectivity index is 1.84. The van der Waals surface area contributed by atoms with Crippen molar-refractivity contribution in [1.82, 2.24) is 10.2 Å². The highest BCUT2D eigenvalue weighted by atomic mass is 35.5. The van der Waals surface area contributed by atoms with Gasteiger partial charge in [0.25, 0.3) is 0 Å². The number of likely N-dealkylation sites (tertiary alicyclic amines) is 1. The zero-order valence-corrected chi connectivity index (χ0v) is 21.1. The zero-order chi connectivity index (χ0) is 25.0. The monoisotopic (exact) mass is 491 g/mol. The quantitative estimate of drug-likeness (QED) is 0.543. The molecule has 3 fully saturated rings. The average Bonchev–Trinajstić information content (AvgIpc) is 3.40. The summed E-state index contributed by atoms with van der Waals surface area (Å²) in [6.07, 6.45) is 1.62. The molecule has 186 valence electrons. The van der Waals surface area contributed by atoms with Crippen molar-refractivity contribution in [2.24, 2.45) is 17.8 Å². The molecule has 3 aliphatic heterocycles. The maximum atomic E-state index is 14.0. The van der Waals surface area contributed by atoms with Crippen molar-refractivity contribution in [3.05, 3.63) is 28.8 Å². The van der Waals surface area contributed by atoms with E-state index in [0.717, 1.165) is 5.56 Å². The summed E-state index contributed by atoms with van der Waals surface area (Å²) in [7, 11) is 1.55. The van der Waals surface area contributed by atoms with Gasteiger partial charge in [0.2, 0.25) is 17.7 Å². The van der Waals surface area contributed by atoms with Gasteiger partial charge in [0, 0.05) is 7.05 Å². The number of amides is 3. The van der Waals surface area contributed by atoms with Crippen molar-refractivity contribution in [3.63, 3.8) is 0 Å². The molecule has 2 bridgehead atoms.